The van der Waals surface area contributed by atoms with Crippen LogP contribution in [-0.4, -0.2) is 0 Å². The van der Waals surface area contributed by atoms with E-state index in [1.54, 1.807) is 0 Å². The minimum absolute atomic E-state index is 0.757. The van der Waals surface area contributed by atoms with E-state index >= 15 is 0 Å². The second-order valence-corrected chi connectivity index (χ2v) is 3.70. The van der Waals surface area contributed by atoms with Crippen molar-refractivity contribution in [1.82, 2.24) is 0 Å². The van der Waals surface area contributed by atoms with Crippen LogP contribution in [0.5, 0.6) is 0 Å². The third-order valence-electron chi connectivity index (χ3n) is 1.33. The van der Waals surface area contributed by atoms with Crippen LogP contribution in [0.15, 0.2) is 24.3 Å². The molecule has 11 heavy (non-hydrogen) atoms. The average molecular weight is 243 g/mol. The summed E-state index contributed by atoms with van der Waals surface area (Å²) in [6.45, 7) is 0. The fourth-order valence-electron chi connectivity index (χ4n) is 0.856. The first kappa shape index (κ1) is 11.6. The normalized spacial score (nSPS) is 16.5. The SMILES string of the molecule is C1=CCCC=CCC1.[Cl][Cu][Cl]. The van der Waals surface area contributed by atoms with Gasteiger partial charge in [-0.1, -0.05) is 24.3 Å². The molecule has 0 bridgehead atoms. The van der Waals surface area contributed by atoms with Crippen molar-refractivity contribution in [1.29, 1.82) is 0 Å². The van der Waals surface area contributed by atoms with E-state index in [1.807, 2.05) is 0 Å². The molecule has 0 aliphatic heterocycles. The first-order valence-corrected chi connectivity index (χ1v) is 6.12. The molecule has 3 heteroatoms. The quantitative estimate of drug-likeness (QED) is 0.444. The predicted octanol–water partition coefficient (Wildman–Crippen LogP) is 4.05. The van der Waals surface area contributed by atoms with Crippen molar-refractivity contribution in [2.45, 2.75) is 25.7 Å². The van der Waals surface area contributed by atoms with Gasteiger partial charge in [0, 0.05) is 0 Å². The number of rotatable bonds is 0. The van der Waals surface area contributed by atoms with Gasteiger partial charge >= 0.3 is 33.3 Å². The first-order valence-electron chi connectivity index (χ1n) is 3.53. The van der Waals surface area contributed by atoms with Crippen molar-refractivity contribution < 1.29 is 13.1 Å². The van der Waals surface area contributed by atoms with E-state index in [0.29, 0.717) is 0 Å². The van der Waals surface area contributed by atoms with Gasteiger partial charge in [0.2, 0.25) is 0 Å². The standard InChI is InChI=1S/C8H12.2ClH.Cu/c1-2-4-6-8-7-5-3-1;;;/h1-2,7-8H,3-6H2;2*1H;/q;;;+2/p-2. The molecule has 0 aromatic carbocycles. The molecule has 0 atom stereocenters. The molecular weight excluding hydrogens is 231 g/mol. The Labute approximate surface area is 83.3 Å². The van der Waals surface area contributed by atoms with E-state index in [9.17, 15) is 0 Å². The van der Waals surface area contributed by atoms with E-state index in [-0.39, 0.29) is 0 Å². The van der Waals surface area contributed by atoms with Crippen molar-refractivity contribution in [3.8, 4) is 0 Å². The number of hydrogen-bond acceptors (Lipinski definition) is 0. The summed E-state index contributed by atoms with van der Waals surface area (Å²) in [5.74, 6) is 0. The van der Waals surface area contributed by atoms with Gasteiger partial charge in [0.25, 0.3) is 0 Å². The van der Waals surface area contributed by atoms with Gasteiger partial charge < -0.3 is 0 Å². The molecule has 0 nitrogen and oxygen atoms in total. The van der Waals surface area contributed by atoms with Crippen molar-refractivity contribution >= 4 is 20.2 Å². The minimum atomic E-state index is 0.757. The van der Waals surface area contributed by atoms with Gasteiger partial charge in [-0.25, -0.2) is 0 Å². The zero-order valence-corrected chi connectivity index (χ0v) is 8.65. The molecule has 1 aliphatic carbocycles. The molecule has 0 aromatic rings. The molecule has 0 unspecified atom stereocenters. The second kappa shape index (κ2) is 10.6. The van der Waals surface area contributed by atoms with Crippen LogP contribution < -0.4 is 0 Å². The Kier molecular flexibility index (Phi) is 11.1. The van der Waals surface area contributed by atoms with Gasteiger partial charge in [-0.2, -0.15) is 0 Å². The Bertz CT molecular complexity index is 95.3. The zero-order chi connectivity index (χ0) is 8.36. The van der Waals surface area contributed by atoms with Crippen molar-refractivity contribution in [3.63, 3.8) is 0 Å². The van der Waals surface area contributed by atoms with Gasteiger partial charge in [-0.15, -0.1) is 0 Å². The summed E-state index contributed by atoms with van der Waals surface area (Å²) >= 11 is 0.757. The van der Waals surface area contributed by atoms with Crippen molar-refractivity contribution in [3.05, 3.63) is 24.3 Å². The fraction of sp³-hybridized carbons (Fsp3) is 0.500. The summed E-state index contributed by atoms with van der Waals surface area (Å²) in [6.07, 6.45) is 14.0. The third kappa shape index (κ3) is 10.6. The number of allylic oxidation sites excluding steroid dienone is 4. The van der Waals surface area contributed by atoms with Crippen LogP contribution in [0.3, 0.4) is 0 Å². The van der Waals surface area contributed by atoms with E-state index in [2.05, 4.69) is 44.5 Å². The molecule has 1 rings (SSSR count). The Morgan fingerprint density at radius 2 is 0.909 bits per heavy atom. The summed E-state index contributed by atoms with van der Waals surface area (Å²) in [4.78, 5) is 0. The van der Waals surface area contributed by atoms with Gasteiger partial charge in [0.05, 0.1) is 0 Å². The van der Waals surface area contributed by atoms with Crippen LogP contribution in [0.2, 0.25) is 0 Å². The molecule has 0 aromatic heterocycles. The Morgan fingerprint density at radius 1 is 0.727 bits per heavy atom. The Morgan fingerprint density at radius 3 is 1.09 bits per heavy atom. The Hall–Kier alpha value is 0.579. The van der Waals surface area contributed by atoms with Crippen LogP contribution in [0.25, 0.3) is 0 Å². The van der Waals surface area contributed by atoms with E-state index in [0.717, 1.165) is 13.1 Å². The molecule has 0 N–H and O–H groups in total. The maximum atomic E-state index is 4.67. The molecule has 1 aliphatic rings. The number of halogens is 2. The summed E-state index contributed by atoms with van der Waals surface area (Å²) in [6, 6.07) is 0. The van der Waals surface area contributed by atoms with Gasteiger partial charge in [-0.05, 0) is 25.7 Å². The maximum absolute atomic E-state index is 4.67. The third-order valence-corrected chi connectivity index (χ3v) is 1.33. The van der Waals surface area contributed by atoms with Gasteiger partial charge in [-0.3, -0.25) is 0 Å². The molecule has 0 fully saturated rings. The van der Waals surface area contributed by atoms with Crippen molar-refractivity contribution in [2.24, 2.45) is 0 Å². The summed E-state index contributed by atoms with van der Waals surface area (Å²) in [5, 5.41) is 0. The first-order chi connectivity index (χ1) is 5.41. The van der Waals surface area contributed by atoms with Gasteiger partial charge in [0.1, 0.15) is 0 Å². The molecule has 0 saturated heterocycles. The predicted molar refractivity (Wildman–Crippen MR) is 48.5 cm³/mol. The monoisotopic (exact) mass is 241 g/mol. The van der Waals surface area contributed by atoms with Crippen LogP contribution in [-0.2, 0) is 13.1 Å². The second-order valence-electron chi connectivity index (χ2n) is 2.14. The van der Waals surface area contributed by atoms with Crippen LogP contribution in [0.1, 0.15) is 25.7 Å². The molecule has 0 spiro atoms. The summed E-state index contributed by atoms with van der Waals surface area (Å²) in [7, 11) is 9.34. The summed E-state index contributed by atoms with van der Waals surface area (Å²) < 4.78 is 0. The molecule has 0 saturated carbocycles. The van der Waals surface area contributed by atoms with Crippen LogP contribution in [0.4, 0.5) is 0 Å². The number of hydrogen-bond donors (Lipinski definition) is 0. The van der Waals surface area contributed by atoms with E-state index < -0.39 is 0 Å². The van der Waals surface area contributed by atoms with E-state index in [4.69, 9.17) is 0 Å². The summed E-state index contributed by atoms with van der Waals surface area (Å²) in [5.41, 5.74) is 0. The van der Waals surface area contributed by atoms with Crippen molar-refractivity contribution in [2.75, 3.05) is 0 Å². The average Bonchev–Trinajstić information content (AvgIpc) is 1.86. The fourth-order valence-corrected chi connectivity index (χ4v) is 0.856. The molecule has 0 heterocycles. The van der Waals surface area contributed by atoms with E-state index in [1.165, 1.54) is 25.7 Å². The van der Waals surface area contributed by atoms with Crippen LogP contribution in [0, 0.1) is 0 Å². The molecule has 0 radical (unpaired) electrons. The molecular formula is C8H12Cl2Cu. The van der Waals surface area contributed by atoms with Gasteiger partial charge in [0.15, 0.2) is 0 Å². The van der Waals surface area contributed by atoms with Crippen LogP contribution >= 0.6 is 20.2 Å². The molecule has 0 amide bonds. The molecule has 69 valence electrons. The zero-order valence-electron chi connectivity index (χ0n) is 6.20. The topological polar surface area (TPSA) is 0 Å². The Balaban J connectivity index is 0.000000292.